The maximum absolute atomic E-state index is 10.8. The lowest BCUT2D eigenvalue weighted by Gasteiger charge is -2.14. The van der Waals surface area contributed by atoms with Crippen molar-refractivity contribution in [3.8, 4) is 0 Å². The molecule has 0 aromatic heterocycles. The van der Waals surface area contributed by atoms with Crippen molar-refractivity contribution in [3.05, 3.63) is 11.1 Å². The van der Waals surface area contributed by atoms with E-state index in [9.17, 15) is 4.79 Å². The van der Waals surface area contributed by atoms with E-state index in [2.05, 4.69) is 0 Å². The summed E-state index contributed by atoms with van der Waals surface area (Å²) in [5, 5.41) is 8.91. The van der Waals surface area contributed by atoms with Crippen LogP contribution in [0.2, 0.25) is 0 Å². The Bertz CT molecular complexity index is 200. The Hall–Kier alpha value is -0.790. The average Bonchev–Trinajstić information content (AvgIpc) is 1.85. The quantitative estimate of drug-likeness (QED) is 0.661. The first-order valence-corrected chi connectivity index (χ1v) is 4.31. The van der Waals surface area contributed by atoms with Gasteiger partial charge in [0.25, 0.3) is 0 Å². The third kappa shape index (κ3) is 2.68. The van der Waals surface area contributed by atoms with Gasteiger partial charge in [-0.15, -0.1) is 0 Å². The maximum atomic E-state index is 10.8. The normalized spacial score (nSPS) is 13.6. The number of carbonyl (C=O) groups is 1. The smallest absolute Gasteiger partial charge is 0.331 e. The van der Waals surface area contributed by atoms with Gasteiger partial charge in [-0.25, -0.2) is 4.79 Å². The van der Waals surface area contributed by atoms with Crippen molar-refractivity contribution in [3.63, 3.8) is 0 Å². The van der Waals surface area contributed by atoms with Crippen LogP contribution in [0.15, 0.2) is 11.1 Å². The Morgan fingerprint density at radius 1 is 1.08 bits per heavy atom. The van der Waals surface area contributed by atoms with Crippen LogP contribution < -0.4 is 0 Å². The summed E-state index contributed by atoms with van der Waals surface area (Å²) in [5.74, 6) is -0.361. The average molecular weight is 170 g/mol. The molecule has 0 atom stereocenters. The van der Waals surface area contributed by atoms with Gasteiger partial charge in [0.15, 0.2) is 0 Å². The molecule has 0 saturated heterocycles. The lowest BCUT2D eigenvalue weighted by molar-refractivity contribution is -0.133. The van der Waals surface area contributed by atoms with E-state index >= 15 is 0 Å². The largest absolute Gasteiger partial charge is 0.478 e. The van der Waals surface area contributed by atoms with E-state index in [1.165, 1.54) is 0 Å². The Labute approximate surface area is 74.3 Å². The van der Waals surface area contributed by atoms with Crippen molar-refractivity contribution < 1.29 is 9.90 Å². The zero-order valence-corrected chi connectivity index (χ0v) is 8.51. The molecule has 0 bridgehead atoms. The van der Waals surface area contributed by atoms with Crippen LogP contribution in [0.4, 0.5) is 0 Å². The van der Waals surface area contributed by atoms with Crippen LogP contribution in [0.3, 0.4) is 0 Å². The number of carboxylic acids is 1. The van der Waals surface area contributed by atoms with Crippen molar-refractivity contribution in [1.82, 2.24) is 0 Å². The van der Waals surface area contributed by atoms with Crippen LogP contribution in [0.25, 0.3) is 0 Å². The molecule has 0 aliphatic heterocycles. The molecule has 0 heterocycles. The highest BCUT2D eigenvalue weighted by molar-refractivity contribution is 5.87. The molecule has 0 fully saturated rings. The van der Waals surface area contributed by atoms with Gasteiger partial charge in [0.2, 0.25) is 0 Å². The third-order valence-electron chi connectivity index (χ3n) is 2.10. The highest BCUT2D eigenvalue weighted by Crippen LogP contribution is 2.20. The maximum Gasteiger partial charge on any atom is 0.331 e. The number of carboxylic acid groups (broad SMARTS) is 1. The van der Waals surface area contributed by atoms with E-state index in [4.69, 9.17) is 5.11 Å². The zero-order chi connectivity index (χ0) is 9.89. The second-order valence-electron chi connectivity index (χ2n) is 3.71. The summed E-state index contributed by atoms with van der Waals surface area (Å²) < 4.78 is 0. The second kappa shape index (κ2) is 4.29. The fourth-order valence-electron chi connectivity index (χ4n) is 1.18. The molecule has 70 valence electrons. The standard InChI is InChI=1S/C10H18O2/c1-6(2)8(5)9(7(3)4)10(11)12/h6-7H,1-5H3,(H,11,12)/b9-8+. The van der Waals surface area contributed by atoms with Gasteiger partial charge in [0, 0.05) is 5.57 Å². The molecule has 0 unspecified atom stereocenters. The van der Waals surface area contributed by atoms with Crippen molar-refractivity contribution >= 4 is 5.97 Å². The molecule has 2 heteroatoms. The van der Waals surface area contributed by atoms with Crippen molar-refractivity contribution in [2.24, 2.45) is 11.8 Å². The van der Waals surface area contributed by atoms with Gasteiger partial charge in [-0.3, -0.25) is 0 Å². The molecule has 0 saturated carbocycles. The van der Waals surface area contributed by atoms with Crippen LogP contribution in [0.5, 0.6) is 0 Å². The van der Waals surface area contributed by atoms with E-state index in [-0.39, 0.29) is 5.92 Å². The summed E-state index contributed by atoms with van der Waals surface area (Å²) in [4.78, 5) is 10.8. The molecule has 0 aliphatic carbocycles. The first kappa shape index (κ1) is 11.2. The summed E-state index contributed by atoms with van der Waals surface area (Å²) in [6.07, 6.45) is 0. The number of aliphatic carboxylic acids is 1. The topological polar surface area (TPSA) is 37.3 Å². The van der Waals surface area contributed by atoms with Crippen molar-refractivity contribution in [2.45, 2.75) is 34.6 Å². The van der Waals surface area contributed by atoms with Gasteiger partial charge in [0.1, 0.15) is 0 Å². The Morgan fingerprint density at radius 2 is 1.50 bits per heavy atom. The highest BCUT2D eigenvalue weighted by Gasteiger charge is 2.16. The van der Waals surface area contributed by atoms with Crippen molar-refractivity contribution in [2.75, 3.05) is 0 Å². The van der Waals surface area contributed by atoms with E-state index < -0.39 is 5.97 Å². The molecule has 0 aromatic carbocycles. The summed E-state index contributed by atoms with van der Waals surface area (Å²) >= 11 is 0. The summed E-state index contributed by atoms with van der Waals surface area (Å²) in [6, 6.07) is 0. The molecule has 0 spiro atoms. The minimum atomic E-state index is -0.781. The Balaban J connectivity index is 4.94. The van der Waals surface area contributed by atoms with Gasteiger partial charge in [-0.1, -0.05) is 33.3 Å². The molecule has 12 heavy (non-hydrogen) atoms. The third-order valence-corrected chi connectivity index (χ3v) is 2.10. The number of allylic oxidation sites excluding steroid dienone is 1. The molecular formula is C10H18O2. The lowest BCUT2D eigenvalue weighted by Crippen LogP contribution is -2.11. The minimum absolute atomic E-state index is 0.102. The summed E-state index contributed by atoms with van der Waals surface area (Å²) in [7, 11) is 0. The van der Waals surface area contributed by atoms with E-state index in [0.29, 0.717) is 11.5 Å². The Morgan fingerprint density at radius 3 is 1.58 bits per heavy atom. The Kier molecular flexibility index (Phi) is 4.01. The first-order chi connectivity index (χ1) is 5.37. The fraction of sp³-hybridized carbons (Fsp3) is 0.700. The number of hydrogen-bond donors (Lipinski definition) is 1. The number of hydrogen-bond acceptors (Lipinski definition) is 1. The summed E-state index contributed by atoms with van der Waals surface area (Å²) in [6.45, 7) is 9.75. The molecule has 0 radical (unpaired) electrons. The molecule has 0 aromatic rings. The minimum Gasteiger partial charge on any atom is -0.478 e. The van der Waals surface area contributed by atoms with Gasteiger partial charge >= 0.3 is 5.97 Å². The van der Waals surface area contributed by atoms with Crippen LogP contribution in [0, 0.1) is 11.8 Å². The molecule has 2 nitrogen and oxygen atoms in total. The molecular weight excluding hydrogens is 152 g/mol. The predicted molar refractivity (Wildman–Crippen MR) is 50.0 cm³/mol. The fourth-order valence-corrected chi connectivity index (χ4v) is 1.18. The number of rotatable bonds is 3. The van der Waals surface area contributed by atoms with Gasteiger partial charge in [0.05, 0.1) is 0 Å². The van der Waals surface area contributed by atoms with Crippen LogP contribution >= 0.6 is 0 Å². The molecule has 0 rings (SSSR count). The molecule has 0 amide bonds. The van der Waals surface area contributed by atoms with Gasteiger partial charge in [-0.2, -0.15) is 0 Å². The van der Waals surface area contributed by atoms with E-state index in [0.717, 1.165) is 5.57 Å². The van der Waals surface area contributed by atoms with Gasteiger partial charge in [-0.05, 0) is 18.8 Å². The zero-order valence-electron chi connectivity index (χ0n) is 8.51. The van der Waals surface area contributed by atoms with Gasteiger partial charge < -0.3 is 5.11 Å². The lowest BCUT2D eigenvalue weighted by atomic mass is 9.92. The van der Waals surface area contributed by atoms with E-state index in [1.54, 1.807) is 0 Å². The second-order valence-corrected chi connectivity index (χ2v) is 3.71. The van der Waals surface area contributed by atoms with Crippen LogP contribution in [-0.2, 0) is 4.79 Å². The first-order valence-electron chi connectivity index (χ1n) is 4.31. The van der Waals surface area contributed by atoms with Crippen LogP contribution in [-0.4, -0.2) is 11.1 Å². The summed E-state index contributed by atoms with van der Waals surface area (Å²) in [5.41, 5.74) is 1.54. The SMILES string of the molecule is C/C(=C(\C(=O)O)C(C)C)C(C)C. The monoisotopic (exact) mass is 170 g/mol. The molecule has 0 aliphatic rings. The molecule has 1 N–H and O–H groups in total. The van der Waals surface area contributed by atoms with Crippen molar-refractivity contribution in [1.29, 1.82) is 0 Å². The predicted octanol–water partition coefficient (Wildman–Crippen LogP) is 2.70. The highest BCUT2D eigenvalue weighted by atomic mass is 16.4. The van der Waals surface area contributed by atoms with E-state index in [1.807, 2.05) is 34.6 Å². The van der Waals surface area contributed by atoms with Crippen LogP contribution in [0.1, 0.15) is 34.6 Å².